The van der Waals surface area contributed by atoms with Crippen molar-refractivity contribution < 1.29 is 8.78 Å². The number of nitrogens with zero attached hydrogens (tertiary/aromatic N) is 1. The molecule has 124 valence electrons. The Hall–Kier alpha value is -2.41. The number of nitriles is 1. The molecule has 25 heavy (non-hydrogen) atoms. The fourth-order valence-corrected chi connectivity index (χ4v) is 3.28. The van der Waals surface area contributed by atoms with Crippen molar-refractivity contribution in [3.05, 3.63) is 81.3 Å². The lowest BCUT2D eigenvalue weighted by Crippen LogP contribution is -1.94. The van der Waals surface area contributed by atoms with Gasteiger partial charge < -0.3 is 0 Å². The van der Waals surface area contributed by atoms with Gasteiger partial charge in [-0.05, 0) is 42.8 Å². The number of benzene rings is 3. The van der Waals surface area contributed by atoms with E-state index in [-0.39, 0.29) is 21.2 Å². The van der Waals surface area contributed by atoms with Gasteiger partial charge in [0.2, 0.25) is 0 Å². The van der Waals surface area contributed by atoms with Crippen molar-refractivity contribution in [2.24, 2.45) is 0 Å². The Labute approximate surface area is 154 Å². The number of hydrogen-bond donors (Lipinski definition) is 0. The summed E-state index contributed by atoms with van der Waals surface area (Å²) >= 11 is 12.3. The summed E-state index contributed by atoms with van der Waals surface area (Å²) in [5.74, 6) is -1.07. The van der Waals surface area contributed by atoms with E-state index in [9.17, 15) is 8.78 Å². The second-order valence-electron chi connectivity index (χ2n) is 5.55. The average molecular weight is 374 g/mol. The molecular formula is C20H11Cl2F2N. The summed E-state index contributed by atoms with van der Waals surface area (Å²) in [6, 6.07) is 13.8. The Balaban J connectivity index is 2.24. The molecule has 0 saturated carbocycles. The van der Waals surface area contributed by atoms with Gasteiger partial charge in [-0.2, -0.15) is 5.26 Å². The molecule has 0 atom stereocenters. The summed E-state index contributed by atoms with van der Waals surface area (Å²) in [6.07, 6.45) is 0. The maximum atomic E-state index is 14.4. The third kappa shape index (κ3) is 3.24. The molecule has 3 aromatic carbocycles. The molecule has 0 bridgehead atoms. The van der Waals surface area contributed by atoms with Crippen molar-refractivity contribution in [1.29, 1.82) is 5.26 Å². The molecule has 0 aromatic heterocycles. The molecule has 0 fully saturated rings. The molecule has 0 aliphatic rings. The van der Waals surface area contributed by atoms with Gasteiger partial charge in [0.1, 0.15) is 11.6 Å². The lowest BCUT2D eigenvalue weighted by Gasteiger charge is -2.15. The average Bonchev–Trinajstić information content (AvgIpc) is 2.57. The van der Waals surface area contributed by atoms with Crippen molar-refractivity contribution in [3.8, 4) is 28.3 Å². The highest BCUT2D eigenvalue weighted by molar-refractivity contribution is 6.36. The molecular weight excluding hydrogens is 363 g/mol. The minimum absolute atomic E-state index is 0.216. The van der Waals surface area contributed by atoms with Crippen LogP contribution in [0.25, 0.3) is 22.3 Å². The number of aryl methyl sites for hydroxylation is 1. The second-order valence-corrected chi connectivity index (χ2v) is 6.36. The van der Waals surface area contributed by atoms with Gasteiger partial charge in [-0.3, -0.25) is 0 Å². The predicted octanol–water partition coefficient (Wildman–Crippen LogP) is 6.79. The second kappa shape index (κ2) is 6.84. The van der Waals surface area contributed by atoms with E-state index in [0.717, 1.165) is 11.6 Å². The third-order valence-corrected chi connectivity index (χ3v) is 4.57. The molecule has 0 spiro atoms. The number of hydrogen-bond acceptors (Lipinski definition) is 1. The first-order valence-corrected chi connectivity index (χ1v) is 8.12. The normalized spacial score (nSPS) is 10.6. The molecule has 0 saturated heterocycles. The predicted molar refractivity (Wildman–Crippen MR) is 96.7 cm³/mol. The zero-order chi connectivity index (χ0) is 18.1. The smallest absolute Gasteiger partial charge is 0.132 e. The summed E-state index contributed by atoms with van der Waals surface area (Å²) in [5, 5.41) is 9.39. The molecule has 3 aromatic rings. The van der Waals surface area contributed by atoms with Crippen molar-refractivity contribution in [3.63, 3.8) is 0 Å². The van der Waals surface area contributed by atoms with Crippen LogP contribution in [-0.2, 0) is 0 Å². The Morgan fingerprint density at radius 2 is 1.48 bits per heavy atom. The highest BCUT2D eigenvalue weighted by Crippen LogP contribution is 2.40. The van der Waals surface area contributed by atoms with Crippen LogP contribution in [0.2, 0.25) is 10.0 Å². The zero-order valence-corrected chi connectivity index (χ0v) is 14.6. The standard InChI is InChI=1S/C20H11Cl2F2N/c1-11-2-5-15(14-6-3-12(10-25)8-17(14)23)20(22)19(11)16-7-4-13(21)9-18(16)24/h2-9H,1H3. The van der Waals surface area contributed by atoms with Crippen LogP contribution < -0.4 is 0 Å². The summed E-state index contributed by atoms with van der Waals surface area (Å²) in [6.45, 7) is 1.80. The largest absolute Gasteiger partial charge is 0.206 e. The van der Waals surface area contributed by atoms with Crippen LogP contribution in [0.1, 0.15) is 11.1 Å². The highest BCUT2D eigenvalue weighted by Gasteiger charge is 2.18. The van der Waals surface area contributed by atoms with Crippen LogP contribution in [-0.4, -0.2) is 0 Å². The van der Waals surface area contributed by atoms with E-state index in [1.807, 2.05) is 6.07 Å². The van der Waals surface area contributed by atoms with Crippen LogP contribution in [0.5, 0.6) is 0 Å². The quantitative estimate of drug-likeness (QED) is 0.485. The molecule has 0 N–H and O–H groups in total. The molecule has 3 rings (SSSR count). The van der Waals surface area contributed by atoms with E-state index in [4.69, 9.17) is 28.5 Å². The van der Waals surface area contributed by atoms with E-state index in [0.29, 0.717) is 16.7 Å². The van der Waals surface area contributed by atoms with Gasteiger partial charge in [0.25, 0.3) is 0 Å². The summed E-state index contributed by atoms with van der Waals surface area (Å²) in [4.78, 5) is 0. The molecule has 0 heterocycles. The molecule has 0 aliphatic heterocycles. The maximum Gasteiger partial charge on any atom is 0.132 e. The topological polar surface area (TPSA) is 23.8 Å². The molecule has 0 radical (unpaired) electrons. The van der Waals surface area contributed by atoms with Crippen LogP contribution in [0.3, 0.4) is 0 Å². The lowest BCUT2D eigenvalue weighted by molar-refractivity contribution is 0.631. The van der Waals surface area contributed by atoms with Gasteiger partial charge in [0.15, 0.2) is 0 Å². The Kier molecular flexibility index (Phi) is 4.76. The van der Waals surface area contributed by atoms with E-state index < -0.39 is 11.6 Å². The van der Waals surface area contributed by atoms with E-state index in [2.05, 4.69) is 0 Å². The SMILES string of the molecule is Cc1ccc(-c2ccc(C#N)cc2F)c(Cl)c1-c1ccc(Cl)cc1F. The zero-order valence-electron chi connectivity index (χ0n) is 13.1. The summed E-state index contributed by atoms with van der Waals surface area (Å²) in [5.41, 5.74) is 2.43. The lowest BCUT2D eigenvalue weighted by atomic mass is 9.94. The van der Waals surface area contributed by atoms with Crippen LogP contribution >= 0.6 is 23.2 Å². The minimum Gasteiger partial charge on any atom is -0.206 e. The molecule has 0 amide bonds. The van der Waals surface area contributed by atoms with Crippen LogP contribution in [0.4, 0.5) is 8.78 Å². The van der Waals surface area contributed by atoms with Gasteiger partial charge in [-0.25, -0.2) is 8.78 Å². The first-order chi connectivity index (χ1) is 11.9. The summed E-state index contributed by atoms with van der Waals surface area (Å²) < 4.78 is 28.7. The first kappa shape index (κ1) is 17.4. The first-order valence-electron chi connectivity index (χ1n) is 7.37. The van der Waals surface area contributed by atoms with Crippen LogP contribution in [0, 0.1) is 29.9 Å². The van der Waals surface area contributed by atoms with Crippen molar-refractivity contribution in [1.82, 2.24) is 0 Å². The van der Waals surface area contributed by atoms with Gasteiger partial charge in [-0.1, -0.05) is 41.4 Å². The number of rotatable bonds is 2. The van der Waals surface area contributed by atoms with Crippen molar-refractivity contribution >= 4 is 23.2 Å². The minimum atomic E-state index is -0.563. The van der Waals surface area contributed by atoms with Crippen molar-refractivity contribution in [2.75, 3.05) is 0 Å². The van der Waals surface area contributed by atoms with Crippen LogP contribution in [0.15, 0.2) is 48.5 Å². The Morgan fingerprint density at radius 1 is 0.840 bits per heavy atom. The summed E-state index contributed by atoms with van der Waals surface area (Å²) in [7, 11) is 0. The van der Waals surface area contributed by atoms with E-state index in [1.165, 1.54) is 18.2 Å². The Morgan fingerprint density at radius 3 is 2.12 bits per heavy atom. The van der Waals surface area contributed by atoms with Crippen molar-refractivity contribution in [2.45, 2.75) is 6.92 Å². The van der Waals surface area contributed by atoms with Gasteiger partial charge in [0.05, 0.1) is 16.7 Å². The van der Waals surface area contributed by atoms with E-state index >= 15 is 0 Å². The molecule has 1 nitrogen and oxygen atoms in total. The molecule has 0 aliphatic carbocycles. The van der Waals surface area contributed by atoms with E-state index in [1.54, 1.807) is 31.2 Å². The Bertz CT molecular complexity index is 1020. The monoisotopic (exact) mass is 373 g/mol. The van der Waals surface area contributed by atoms with Gasteiger partial charge in [-0.15, -0.1) is 0 Å². The van der Waals surface area contributed by atoms with Gasteiger partial charge >= 0.3 is 0 Å². The fraction of sp³-hybridized carbons (Fsp3) is 0.0500. The molecule has 5 heteroatoms. The number of halogens is 4. The maximum absolute atomic E-state index is 14.4. The third-order valence-electron chi connectivity index (χ3n) is 3.94. The highest BCUT2D eigenvalue weighted by atomic mass is 35.5. The van der Waals surface area contributed by atoms with Gasteiger partial charge in [0, 0.05) is 27.3 Å². The molecule has 0 unspecified atom stereocenters. The fourth-order valence-electron chi connectivity index (χ4n) is 2.71.